The van der Waals surface area contributed by atoms with Gasteiger partial charge in [0, 0.05) is 17.3 Å². The van der Waals surface area contributed by atoms with Crippen LogP contribution in [0.5, 0.6) is 0 Å². The molecule has 0 bridgehead atoms. The van der Waals surface area contributed by atoms with E-state index in [4.69, 9.17) is 23.2 Å². The van der Waals surface area contributed by atoms with Crippen LogP contribution in [0.2, 0.25) is 10.0 Å². The molecule has 0 aliphatic rings. The Morgan fingerprint density at radius 1 is 1.11 bits per heavy atom. The molecule has 0 N–H and O–H groups in total. The van der Waals surface area contributed by atoms with Gasteiger partial charge in [-0.3, -0.25) is 9.36 Å². The van der Waals surface area contributed by atoms with Crippen molar-refractivity contribution in [1.29, 1.82) is 0 Å². The Kier molecular flexibility index (Phi) is 3.01. The molecule has 0 aliphatic heterocycles. The summed E-state index contributed by atoms with van der Waals surface area (Å²) in [4.78, 5) is 15.5. The van der Waals surface area contributed by atoms with Gasteiger partial charge in [0.15, 0.2) is 6.29 Å². The van der Waals surface area contributed by atoms with Crippen LogP contribution in [0.15, 0.2) is 42.6 Å². The number of benzene rings is 1. The lowest BCUT2D eigenvalue weighted by Gasteiger charge is -2.08. The lowest BCUT2D eigenvalue weighted by atomic mass is 10.3. The van der Waals surface area contributed by atoms with Crippen LogP contribution in [0.1, 0.15) is 10.5 Å². The number of rotatable bonds is 2. The third-order valence-electron chi connectivity index (χ3n) is 2.87. The summed E-state index contributed by atoms with van der Waals surface area (Å²) in [5.74, 6) is 0. The van der Waals surface area contributed by atoms with Gasteiger partial charge in [0.05, 0.1) is 15.7 Å². The van der Waals surface area contributed by atoms with Crippen molar-refractivity contribution >= 4 is 40.5 Å². The van der Waals surface area contributed by atoms with Crippen LogP contribution in [0.3, 0.4) is 0 Å². The Hall–Kier alpha value is -1.84. The van der Waals surface area contributed by atoms with Gasteiger partial charge in [-0.1, -0.05) is 23.2 Å². The number of nitrogens with zero attached hydrogens (tertiary/aromatic N) is 2. The van der Waals surface area contributed by atoms with Gasteiger partial charge < -0.3 is 0 Å². The van der Waals surface area contributed by atoms with E-state index in [2.05, 4.69) is 4.98 Å². The molecule has 3 nitrogen and oxygen atoms in total. The molecule has 3 rings (SSSR count). The molecular formula is C14H8Cl2N2O. The van der Waals surface area contributed by atoms with E-state index < -0.39 is 0 Å². The average molecular weight is 291 g/mol. The highest BCUT2D eigenvalue weighted by molar-refractivity contribution is 6.42. The van der Waals surface area contributed by atoms with E-state index in [0.717, 1.165) is 17.4 Å². The molecule has 0 unspecified atom stereocenters. The van der Waals surface area contributed by atoms with Crippen molar-refractivity contribution < 1.29 is 4.79 Å². The Morgan fingerprint density at radius 2 is 1.95 bits per heavy atom. The van der Waals surface area contributed by atoms with Crippen molar-refractivity contribution in [1.82, 2.24) is 9.55 Å². The first-order valence-corrected chi connectivity index (χ1v) is 6.33. The van der Waals surface area contributed by atoms with E-state index in [-0.39, 0.29) is 0 Å². The van der Waals surface area contributed by atoms with Crippen LogP contribution in [-0.4, -0.2) is 15.8 Å². The van der Waals surface area contributed by atoms with Gasteiger partial charge in [-0.2, -0.15) is 0 Å². The first-order chi connectivity index (χ1) is 9.20. The summed E-state index contributed by atoms with van der Waals surface area (Å²) < 4.78 is 1.75. The lowest BCUT2D eigenvalue weighted by Crippen LogP contribution is -1.99. The van der Waals surface area contributed by atoms with Crippen LogP contribution in [0, 0.1) is 0 Å². The summed E-state index contributed by atoms with van der Waals surface area (Å²) in [6.07, 6.45) is 2.48. The summed E-state index contributed by atoms with van der Waals surface area (Å²) in [5.41, 5.74) is 1.99. The van der Waals surface area contributed by atoms with E-state index in [1.54, 1.807) is 35.0 Å². The van der Waals surface area contributed by atoms with Crippen LogP contribution in [0.25, 0.3) is 16.7 Å². The number of halogens is 2. The molecule has 0 amide bonds. The van der Waals surface area contributed by atoms with Gasteiger partial charge in [0.2, 0.25) is 0 Å². The van der Waals surface area contributed by atoms with Crippen LogP contribution in [-0.2, 0) is 0 Å². The lowest BCUT2D eigenvalue weighted by molar-refractivity contribution is 0.111. The predicted molar refractivity (Wildman–Crippen MR) is 76.5 cm³/mol. The first kappa shape index (κ1) is 12.2. The van der Waals surface area contributed by atoms with Crippen LogP contribution in [0.4, 0.5) is 0 Å². The number of carbonyl (C=O) groups excluding carboxylic acids is 1. The molecule has 3 aromatic rings. The number of carbonyl (C=O) groups is 1. The zero-order valence-corrected chi connectivity index (χ0v) is 11.2. The molecule has 94 valence electrons. The SMILES string of the molecule is O=Cc1cc2cccnc2n1-c1ccc(Cl)c(Cl)c1. The van der Waals surface area contributed by atoms with E-state index >= 15 is 0 Å². The monoisotopic (exact) mass is 290 g/mol. The van der Waals surface area contributed by atoms with E-state index in [1.807, 2.05) is 12.1 Å². The fraction of sp³-hybridized carbons (Fsp3) is 0. The Bertz CT molecular complexity index is 780. The third-order valence-corrected chi connectivity index (χ3v) is 3.61. The quantitative estimate of drug-likeness (QED) is 0.665. The number of aromatic nitrogens is 2. The molecule has 0 fully saturated rings. The molecule has 2 heterocycles. The number of fused-ring (bicyclic) bond motifs is 1. The van der Waals surface area contributed by atoms with Crippen molar-refractivity contribution in [3.05, 3.63) is 58.3 Å². The standard InChI is InChI=1S/C14H8Cl2N2O/c15-12-4-3-10(7-13(12)16)18-11(8-19)6-9-2-1-5-17-14(9)18/h1-8H. The molecular weight excluding hydrogens is 283 g/mol. The van der Waals surface area contributed by atoms with E-state index in [1.165, 1.54) is 0 Å². The molecule has 5 heteroatoms. The Labute approximate surface area is 119 Å². The largest absolute Gasteiger partial charge is 0.296 e. The zero-order valence-electron chi connectivity index (χ0n) is 9.68. The molecule has 19 heavy (non-hydrogen) atoms. The fourth-order valence-corrected chi connectivity index (χ4v) is 2.33. The molecule has 0 atom stereocenters. The molecule has 1 aromatic carbocycles. The van der Waals surface area contributed by atoms with Gasteiger partial charge in [0.25, 0.3) is 0 Å². The summed E-state index contributed by atoms with van der Waals surface area (Å²) in [6, 6.07) is 10.7. The number of hydrogen-bond donors (Lipinski definition) is 0. The maximum Gasteiger partial charge on any atom is 0.166 e. The summed E-state index contributed by atoms with van der Waals surface area (Å²) in [6.45, 7) is 0. The van der Waals surface area contributed by atoms with Crippen molar-refractivity contribution in [3.8, 4) is 5.69 Å². The van der Waals surface area contributed by atoms with E-state index in [9.17, 15) is 4.79 Å². The van der Waals surface area contributed by atoms with Crippen LogP contribution < -0.4 is 0 Å². The third kappa shape index (κ3) is 2.01. The smallest absolute Gasteiger partial charge is 0.166 e. The highest BCUT2D eigenvalue weighted by Crippen LogP contribution is 2.27. The predicted octanol–water partition coefficient (Wildman–Crippen LogP) is 4.14. The maximum absolute atomic E-state index is 11.2. The number of hydrogen-bond acceptors (Lipinski definition) is 2. The average Bonchev–Trinajstić information content (AvgIpc) is 2.80. The minimum Gasteiger partial charge on any atom is -0.296 e. The summed E-state index contributed by atoms with van der Waals surface area (Å²) >= 11 is 11.9. The highest BCUT2D eigenvalue weighted by Gasteiger charge is 2.11. The molecule has 0 saturated heterocycles. The second kappa shape index (κ2) is 4.68. The molecule has 0 aliphatic carbocycles. The summed E-state index contributed by atoms with van der Waals surface area (Å²) in [7, 11) is 0. The Balaban J connectivity index is 2.34. The molecule has 0 radical (unpaired) electrons. The zero-order chi connectivity index (χ0) is 13.4. The minimum atomic E-state index is 0.439. The molecule has 2 aromatic heterocycles. The highest BCUT2D eigenvalue weighted by atomic mass is 35.5. The minimum absolute atomic E-state index is 0.439. The second-order valence-electron chi connectivity index (χ2n) is 4.04. The number of aldehydes is 1. The van der Waals surface area contributed by atoms with Crippen LogP contribution >= 0.6 is 23.2 Å². The van der Waals surface area contributed by atoms with Gasteiger partial charge in [-0.15, -0.1) is 0 Å². The van der Waals surface area contributed by atoms with Gasteiger partial charge in [-0.05, 0) is 36.4 Å². The van der Waals surface area contributed by atoms with Gasteiger partial charge in [0.1, 0.15) is 5.65 Å². The van der Waals surface area contributed by atoms with Crippen molar-refractivity contribution in [2.24, 2.45) is 0 Å². The first-order valence-electron chi connectivity index (χ1n) is 5.58. The fourth-order valence-electron chi connectivity index (χ4n) is 2.04. The molecule has 0 saturated carbocycles. The summed E-state index contributed by atoms with van der Waals surface area (Å²) in [5, 5.41) is 1.81. The topological polar surface area (TPSA) is 34.9 Å². The van der Waals surface area contributed by atoms with E-state index in [0.29, 0.717) is 21.4 Å². The Morgan fingerprint density at radius 3 is 2.68 bits per heavy atom. The number of pyridine rings is 1. The molecule has 0 spiro atoms. The van der Waals surface area contributed by atoms with Gasteiger partial charge in [-0.25, -0.2) is 4.98 Å². The second-order valence-corrected chi connectivity index (χ2v) is 4.85. The van der Waals surface area contributed by atoms with Crippen molar-refractivity contribution in [3.63, 3.8) is 0 Å². The normalized spacial score (nSPS) is 10.8. The maximum atomic E-state index is 11.2. The van der Waals surface area contributed by atoms with Crippen molar-refractivity contribution in [2.45, 2.75) is 0 Å². The van der Waals surface area contributed by atoms with Gasteiger partial charge >= 0.3 is 0 Å². The van der Waals surface area contributed by atoms with Crippen molar-refractivity contribution in [2.75, 3.05) is 0 Å².